The summed E-state index contributed by atoms with van der Waals surface area (Å²) in [6.07, 6.45) is 3.74. The van der Waals surface area contributed by atoms with Gasteiger partial charge in [0.05, 0.1) is 6.26 Å². The molecular formula is C15H18BrNO. The zero-order valence-electron chi connectivity index (χ0n) is 10.5. The van der Waals surface area contributed by atoms with Crippen molar-refractivity contribution in [1.29, 1.82) is 0 Å². The monoisotopic (exact) mass is 307 g/mol. The lowest BCUT2D eigenvalue weighted by molar-refractivity contribution is 0.472. The Kier molecular flexibility index (Phi) is 5.02. The third kappa shape index (κ3) is 3.72. The van der Waals surface area contributed by atoms with E-state index in [1.54, 1.807) is 6.26 Å². The second-order valence-electron chi connectivity index (χ2n) is 4.30. The van der Waals surface area contributed by atoms with Gasteiger partial charge in [0.2, 0.25) is 0 Å². The highest BCUT2D eigenvalue weighted by molar-refractivity contribution is 9.10. The first-order valence-electron chi connectivity index (χ1n) is 6.31. The molecule has 0 aliphatic heterocycles. The van der Waals surface area contributed by atoms with Crippen LogP contribution in [0, 0.1) is 0 Å². The van der Waals surface area contributed by atoms with Crippen molar-refractivity contribution in [3.63, 3.8) is 0 Å². The fourth-order valence-corrected chi connectivity index (χ4v) is 2.28. The molecule has 3 heteroatoms. The van der Waals surface area contributed by atoms with Gasteiger partial charge in [0.1, 0.15) is 5.76 Å². The van der Waals surface area contributed by atoms with E-state index >= 15 is 0 Å². The van der Waals surface area contributed by atoms with Gasteiger partial charge in [0.25, 0.3) is 0 Å². The molecule has 0 aliphatic carbocycles. The maximum absolute atomic E-state index is 5.32. The molecule has 18 heavy (non-hydrogen) atoms. The molecule has 2 aromatic rings. The third-order valence-corrected chi connectivity index (χ3v) is 3.55. The van der Waals surface area contributed by atoms with Gasteiger partial charge in [-0.25, -0.2) is 0 Å². The van der Waals surface area contributed by atoms with Crippen molar-refractivity contribution in [3.8, 4) is 0 Å². The molecule has 0 radical (unpaired) electrons. The number of furan rings is 1. The van der Waals surface area contributed by atoms with Crippen LogP contribution in [0.2, 0.25) is 0 Å². The number of nitrogens with one attached hydrogen (secondary N) is 1. The van der Waals surface area contributed by atoms with Crippen molar-refractivity contribution < 1.29 is 4.42 Å². The van der Waals surface area contributed by atoms with Crippen molar-refractivity contribution in [1.82, 2.24) is 5.32 Å². The number of hydrogen-bond donors (Lipinski definition) is 1. The summed E-state index contributed by atoms with van der Waals surface area (Å²) in [6.45, 7) is 3.13. The predicted molar refractivity (Wildman–Crippen MR) is 77.6 cm³/mol. The van der Waals surface area contributed by atoms with Gasteiger partial charge in [-0.1, -0.05) is 35.0 Å². The second kappa shape index (κ2) is 6.76. The Bertz CT molecular complexity index is 450. The number of rotatable bonds is 6. The summed E-state index contributed by atoms with van der Waals surface area (Å²) in [4.78, 5) is 0. The van der Waals surface area contributed by atoms with Crippen LogP contribution in [0.25, 0.3) is 0 Å². The van der Waals surface area contributed by atoms with E-state index in [-0.39, 0.29) is 0 Å². The van der Waals surface area contributed by atoms with E-state index in [9.17, 15) is 0 Å². The maximum Gasteiger partial charge on any atom is 0.105 e. The van der Waals surface area contributed by atoms with Gasteiger partial charge in [0, 0.05) is 23.5 Å². The van der Waals surface area contributed by atoms with Gasteiger partial charge < -0.3 is 9.73 Å². The van der Waals surface area contributed by atoms with Crippen molar-refractivity contribution >= 4 is 15.9 Å². The fraction of sp³-hybridized carbons (Fsp3) is 0.333. The molecule has 0 amide bonds. The van der Waals surface area contributed by atoms with E-state index in [1.165, 1.54) is 5.56 Å². The third-order valence-electron chi connectivity index (χ3n) is 3.02. The Balaban J connectivity index is 1.87. The molecule has 1 N–H and O–H groups in total. The molecule has 96 valence electrons. The summed E-state index contributed by atoms with van der Waals surface area (Å²) in [5.41, 5.74) is 1.33. The van der Waals surface area contributed by atoms with Crippen LogP contribution in [-0.4, -0.2) is 6.54 Å². The van der Waals surface area contributed by atoms with Gasteiger partial charge in [-0.2, -0.15) is 0 Å². The lowest BCUT2D eigenvalue weighted by Gasteiger charge is -2.17. The largest absolute Gasteiger partial charge is 0.469 e. The summed E-state index contributed by atoms with van der Waals surface area (Å²) < 4.78 is 6.45. The van der Waals surface area contributed by atoms with Gasteiger partial charge in [-0.05, 0) is 36.2 Å². The second-order valence-corrected chi connectivity index (χ2v) is 5.21. The van der Waals surface area contributed by atoms with E-state index in [1.807, 2.05) is 12.1 Å². The Labute approximate surface area is 117 Å². The van der Waals surface area contributed by atoms with Crippen LogP contribution in [0.4, 0.5) is 0 Å². The molecule has 0 saturated heterocycles. The van der Waals surface area contributed by atoms with Crippen molar-refractivity contribution in [2.75, 3.05) is 6.54 Å². The van der Waals surface area contributed by atoms with Gasteiger partial charge in [0.15, 0.2) is 0 Å². The predicted octanol–water partition coefficient (Wildman–Crippen LogP) is 4.33. The molecule has 0 saturated carbocycles. The van der Waals surface area contributed by atoms with E-state index < -0.39 is 0 Å². The first-order chi connectivity index (χ1) is 8.79. The first-order valence-corrected chi connectivity index (χ1v) is 7.10. The average Bonchev–Trinajstić information content (AvgIpc) is 2.89. The summed E-state index contributed by atoms with van der Waals surface area (Å²) in [6, 6.07) is 12.9. The van der Waals surface area contributed by atoms with Crippen molar-refractivity contribution in [3.05, 3.63) is 58.5 Å². The minimum absolute atomic E-state index is 0.410. The number of halogens is 1. The molecule has 2 nitrogen and oxygen atoms in total. The van der Waals surface area contributed by atoms with Crippen LogP contribution >= 0.6 is 15.9 Å². The minimum Gasteiger partial charge on any atom is -0.469 e. The SMILES string of the molecule is CCC(NCCc1ccco1)c1ccc(Br)cc1. The van der Waals surface area contributed by atoms with Crippen LogP contribution in [0.5, 0.6) is 0 Å². The molecule has 0 aliphatic rings. The Morgan fingerprint density at radius 2 is 2.00 bits per heavy atom. The molecular weight excluding hydrogens is 290 g/mol. The standard InChI is InChI=1S/C15H18BrNO/c1-2-15(12-5-7-13(16)8-6-12)17-10-9-14-4-3-11-18-14/h3-8,11,15,17H,2,9-10H2,1H3. The molecule has 1 atom stereocenters. The summed E-state index contributed by atoms with van der Waals surface area (Å²) in [5.74, 6) is 1.04. The first kappa shape index (κ1) is 13.4. The normalized spacial score (nSPS) is 12.6. The lowest BCUT2D eigenvalue weighted by atomic mass is 10.0. The van der Waals surface area contributed by atoms with Gasteiger partial charge in [-0.3, -0.25) is 0 Å². The molecule has 0 spiro atoms. The molecule has 1 aromatic carbocycles. The Morgan fingerprint density at radius 3 is 2.61 bits per heavy atom. The Morgan fingerprint density at radius 1 is 1.22 bits per heavy atom. The maximum atomic E-state index is 5.32. The van der Waals surface area contributed by atoms with Crippen LogP contribution in [0.3, 0.4) is 0 Å². The molecule has 1 aromatic heterocycles. The highest BCUT2D eigenvalue weighted by Crippen LogP contribution is 2.19. The smallest absolute Gasteiger partial charge is 0.105 e. The molecule has 2 rings (SSSR count). The van der Waals surface area contributed by atoms with Crippen LogP contribution in [0.1, 0.15) is 30.7 Å². The topological polar surface area (TPSA) is 25.2 Å². The molecule has 1 heterocycles. The zero-order chi connectivity index (χ0) is 12.8. The fourth-order valence-electron chi connectivity index (χ4n) is 2.02. The van der Waals surface area contributed by atoms with Crippen LogP contribution < -0.4 is 5.32 Å². The van der Waals surface area contributed by atoms with E-state index in [4.69, 9.17) is 4.42 Å². The summed E-state index contributed by atoms with van der Waals surface area (Å²) in [7, 11) is 0. The van der Waals surface area contributed by atoms with E-state index in [0.717, 1.165) is 29.6 Å². The molecule has 0 fully saturated rings. The molecule has 0 bridgehead atoms. The number of benzene rings is 1. The van der Waals surface area contributed by atoms with E-state index in [2.05, 4.69) is 52.4 Å². The quantitative estimate of drug-likeness (QED) is 0.859. The summed E-state index contributed by atoms with van der Waals surface area (Å²) in [5, 5.41) is 3.57. The average molecular weight is 308 g/mol. The lowest BCUT2D eigenvalue weighted by Crippen LogP contribution is -2.23. The Hall–Kier alpha value is -1.06. The summed E-state index contributed by atoms with van der Waals surface area (Å²) >= 11 is 3.46. The number of hydrogen-bond acceptors (Lipinski definition) is 2. The molecule has 1 unspecified atom stereocenters. The van der Waals surface area contributed by atoms with Crippen LogP contribution in [0.15, 0.2) is 51.6 Å². The van der Waals surface area contributed by atoms with Crippen molar-refractivity contribution in [2.45, 2.75) is 25.8 Å². The van der Waals surface area contributed by atoms with Crippen molar-refractivity contribution in [2.24, 2.45) is 0 Å². The minimum atomic E-state index is 0.410. The zero-order valence-corrected chi connectivity index (χ0v) is 12.1. The van der Waals surface area contributed by atoms with Crippen LogP contribution in [-0.2, 0) is 6.42 Å². The van der Waals surface area contributed by atoms with E-state index in [0.29, 0.717) is 6.04 Å². The van der Waals surface area contributed by atoms with Gasteiger partial charge in [-0.15, -0.1) is 0 Å². The highest BCUT2D eigenvalue weighted by Gasteiger charge is 2.08. The van der Waals surface area contributed by atoms with Gasteiger partial charge >= 0.3 is 0 Å². The highest BCUT2D eigenvalue weighted by atomic mass is 79.9.